The Morgan fingerprint density at radius 3 is 2.61 bits per heavy atom. The molecule has 1 atom stereocenters. The van der Waals surface area contributed by atoms with Crippen LogP contribution in [-0.2, 0) is 9.53 Å². The van der Waals surface area contributed by atoms with E-state index in [1.165, 1.54) is 24.6 Å². The number of carbonyl (C=O) groups excluding carboxylic acids is 2. The highest BCUT2D eigenvalue weighted by Gasteiger charge is 2.28. The number of thiazole rings is 1. The standard InChI is InChI=1S/C19H21N3O5S/c1-27-18(24)16-11-28-19(20-16)21-17(23)15(10-12-4-2-3-5-12)13-6-8-14(9-7-13)22(25)26/h6-9,11-12,15H,2-5,10H2,1H3,(H,20,21,23). The topological polar surface area (TPSA) is 111 Å². The molecule has 1 heterocycles. The number of non-ortho nitro benzene ring substituents is 1. The number of nitro groups is 1. The molecule has 0 bridgehead atoms. The van der Waals surface area contributed by atoms with Crippen molar-refractivity contribution in [3.05, 3.63) is 51.0 Å². The number of anilines is 1. The normalized spacial score (nSPS) is 15.2. The molecular formula is C19H21N3O5S. The molecule has 1 saturated carbocycles. The number of methoxy groups -OCH3 is 1. The smallest absolute Gasteiger partial charge is 0.357 e. The maximum atomic E-state index is 13.0. The van der Waals surface area contributed by atoms with E-state index in [4.69, 9.17) is 0 Å². The number of carbonyl (C=O) groups is 2. The van der Waals surface area contributed by atoms with Gasteiger partial charge in [0.15, 0.2) is 10.8 Å². The molecule has 0 radical (unpaired) electrons. The predicted octanol–water partition coefficient (Wildman–Crippen LogP) is 4.14. The first-order valence-electron chi connectivity index (χ1n) is 9.07. The van der Waals surface area contributed by atoms with E-state index in [-0.39, 0.29) is 17.3 Å². The molecule has 1 aromatic heterocycles. The lowest BCUT2D eigenvalue weighted by Crippen LogP contribution is -2.23. The third-order valence-corrected chi connectivity index (χ3v) is 5.75. The summed E-state index contributed by atoms with van der Waals surface area (Å²) in [6.07, 6.45) is 5.17. The fraction of sp³-hybridized carbons (Fsp3) is 0.421. The molecule has 3 rings (SSSR count). The molecule has 148 valence electrons. The zero-order valence-corrected chi connectivity index (χ0v) is 16.2. The van der Waals surface area contributed by atoms with Gasteiger partial charge in [-0.3, -0.25) is 14.9 Å². The average Bonchev–Trinajstić information content (AvgIpc) is 3.37. The Morgan fingerprint density at radius 2 is 2.00 bits per heavy atom. The second kappa shape index (κ2) is 8.92. The van der Waals surface area contributed by atoms with Crippen LogP contribution in [0, 0.1) is 16.0 Å². The van der Waals surface area contributed by atoms with Crippen molar-refractivity contribution >= 4 is 34.0 Å². The fourth-order valence-corrected chi connectivity index (χ4v) is 4.21. The maximum absolute atomic E-state index is 13.0. The number of benzene rings is 1. The van der Waals surface area contributed by atoms with Crippen molar-refractivity contribution in [2.24, 2.45) is 5.92 Å². The van der Waals surface area contributed by atoms with Crippen molar-refractivity contribution in [1.29, 1.82) is 0 Å². The molecule has 0 saturated heterocycles. The van der Waals surface area contributed by atoms with Crippen molar-refractivity contribution in [3.63, 3.8) is 0 Å². The number of hydrogen-bond acceptors (Lipinski definition) is 7. The number of nitrogens with zero attached hydrogens (tertiary/aromatic N) is 2. The van der Waals surface area contributed by atoms with Crippen LogP contribution in [0.25, 0.3) is 0 Å². The lowest BCUT2D eigenvalue weighted by molar-refractivity contribution is -0.384. The van der Waals surface area contributed by atoms with Gasteiger partial charge in [0.25, 0.3) is 5.69 Å². The zero-order chi connectivity index (χ0) is 20.1. The molecule has 1 fully saturated rings. The van der Waals surface area contributed by atoms with Crippen LogP contribution in [-0.4, -0.2) is 28.9 Å². The van der Waals surface area contributed by atoms with Crippen LogP contribution >= 0.6 is 11.3 Å². The third-order valence-electron chi connectivity index (χ3n) is 5.00. The third kappa shape index (κ3) is 4.72. The molecule has 2 aromatic rings. The van der Waals surface area contributed by atoms with Gasteiger partial charge in [-0.25, -0.2) is 9.78 Å². The summed E-state index contributed by atoms with van der Waals surface area (Å²) >= 11 is 1.15. The average molecular weight is 403 g/mol. The van der Waals surface area contributed by atoms with Crippen molar-refractivity contribution in [2.75, 3.05) is 12.4 Å². The van der Waals surface area contributed by atoms with Crippen LogP contribution in [0.3, 0.4) is 0 Å². The number of nitro benzene ring substituents is 1. The van der Waals surface area contributed by atoms with Gasteiger partial charge in [0.2, 0.25) is 5.91 Å². The molecule has 8 nitrogen and oxygen atoms in total. The van der Waals surface area contributed by atoms with Crippen LogP contribution in [0.5, 0.6) is 0 Å². The second-order valence-corrected chi connectivity index (χ2v) is 7.66. The Labute approximate surface area is 166 Å². The summed E-state index contributed by atoms with van der Waals surface area (Å²) in [5.41, 5.74) is 0.872. The molecular weight excluding hydrogens is 382 g/mol. The Kier molecular flexibility index (Phi) is 6.35. The summed E-state index contributed by atoms with van der Waals surface area (Å²) in [6.45, 7) is 0. The van der Waals surface area contributed by atoms with E-state index in [0.29, 0.717) is 17.5 Å². The first-order valence-corrected chi connectivity index (χ1v) is 9.95. The molecule has 1 amide bonds. The molecule has 1 aliphatic rings. The van der Waals surface area contributed by atoms with E-state index in [2.05, 4.69) is 15.0 Å². The van der Waals surface area contributed by atoms with Crippen LogP contribution in [0.4, 0.5) is 10.8 Å². The molecule has 1 N–H and O–H groups in total. The second-order valence-electron chi connectivity index (χ2n) is 6.81. The number of nitrogens with one attached hydrogen (secondary N) is 1. The fourth-order valence-electron chi connectivity index (χ4n) is 3.52. The van der Waals surface area contributed by atoms with E-state index < -0.39 is 16.8 Å². The molecule has 9 heteroatoms. The van der Waals surface area contributed by atoms with Gasteiger partial charge in [0, 0.05) is 17.5 Å². The molecule has 0 aliphatic heterocycles. The van der Waals surface area contributed by atoms with Gasteiger partial charge < -0.3 is 10.1 Å². The Hall–Kier alpha value is -2.81. The van der Waals surface area contributed by atoms with Crippen molar-refractivity contribution < 1.29 is 19.2 Å². The quantitative estimate of drug-likeness (QED) is 0.422. The Balaban J connectivity index is 1.78. The minimum absolute atomic E-state index is 0.00795. The summed E-state index contributed by atoms with van der Waals surface area (Å²) < 4.78 is 4.63. The van der Waals surface area contributed by atoms with Gasteiger partial charge in [-0.1, -0.05) is 37.8 Å². The highest BCUT2D eigenvalue weighted by molar-refractivity contribution is 7.14. The highest BCUT2D eigenvalue weighted by Crippen LogP contribution is 2.35. The predicted molar refractivity (Wildman–Crippen MR) is 104 cm³/mol. The van der Waals surface area contributed by atoms with Crippen molar-refractivity contribution in [1.82, 2.24) is 4.98 Å². The van der Waals surface area contributed by atoms with Crippen molar-refractivity contribution in [3.8, 4) is 0 Å². The molecule has 0 spiro atoms. The van der Waals surface area contributed by atoms with E-state index >= 15 is 0 Å². The van der Waals surface area contributed by atoms with Gasteiger partial charge >= 0.3 is 5.97 Å². The molecule has 1 unspecified atom stereocenters. The lowest BCUT2D eigenvalue weighted by Gasteiger charge is -2.20. The van der Waals surface area contributed by atoms with Gasteiger partial charge in [0.05, 0.1) is 18.0 Å². The van der Waals surface area contributed by atoms with Gasteiger partial charge in [-0.15, -0.1) is 11.3 Å². The lowest BCUT2D eigenvalue weighted by atomic mass is 9.87. The van der Waals surface area contributed by atoms with Crippen LogP contribution < -0.4 is 5.32 Å². The first kappa shape index (κ1) is 19.9. The number of ether oxygens (including phenoxy) is 1. The molecule has 28 heavy (non-hydrogen) atoms. The van der Waals surface area contributed by atoms with Gasteiger partial charge in [-0.05, 0) is 17.9 Å². The van der Waals surface area contributed by atoms with E-state index in [1.54, 1.807) is 12.1 Å². The molecule has 1 aromatic carbocycles. The number of hydrogen-bond donors (Lipinski definition) is 1. The van der Waals surface area contributed by atoms with E-state index in [9.17, 15) is 19.7 Å². The monoisotopic (exact) mass is 403 g/mol. The minimum atomic E-state index is -0.561. The van der Waals surface area contributed by atoms with E-state index in [1.807, 2.05) is 0 Å². The molecule has 1 aliphatic carbocycles. The van der Waals surface area contributed by atoms with Crippen LogP contribution in [0.15, 0.2) is 29.6 Å². The Bertz CT molecular complexity index is 859. The highest BCUT2D eigenvalue weighted by atomic mass is 32.1. The number of rotatable bonds is 7. The number of amides is 1. The largest absolute Gasteiger partial charge is 0.464 e. The van der Waals surface area contributed by atoms with Gasteiger partial charge in [-0.2, -0.15) is 0 Å². The number of esters is 1. The van der Waals surface area contributed by atoms with Crippen LogP contribution in [0.2, 0.25) is 0 Å². The summed E-state index contributed by atoms with van der Waals surface area (Å²) in [6, 6.07) is 6.12. The maximum Gasteiger partial charge on any atom is 0.357 e. The Morgan fingerprint density at radius 1 is 1.32 bits per heavy atom. The summed E-state index contributed by atoms with van der Waals surface area (Å²) in [5, 5.41) is 15.5. The zero-order valence-electron chi connectivity index (χ0n) is 15.4. The van der Waals surface area contributed by atoms with Crippen LogP contribution in [0.1, 0.15) is 54.1 Å². The first-order chi connectivity index (χ1) is 13.5. The van der Waals surface area contributed by atoms with E-state index in [0.717, 1.165) is 42.6 Å². The van der Waals surface area contributed by atoms with Gasteiger partial charge in [0.1, 0.15) is 0 Å². The van der Waals surface area contributed by atoms with Crippen molar-refractivity contribution in [2.45, 2.75) is 38.0 Å². The number of aromatic nitrogens is 1. The SMILES string of the molecule is COC(=O)c1csc(NC(=O)C(CC2CCCC2)c2ccc([N+](=O)[O-])cc2)n1. The summed E-state index contributed by atoms with van der Waals surface area (Å²) in [4.78, 5) is 39.0. The summed E-state index contributed by atoms with van der Waals surface area (Å²) in [7, 11) is 1.27. The summed E-state index contributed by atoms with van der Waals surface area (Å²) in [5.74, 6) is -0.775. The minimum Gasteiger partial charge on any atom is -0.464 e.